The average molecular weight is 295 g/mol. The number of halogens is 2. The quantitative estimate of drug-likeness (QED) is 0.909. The number of nitrogens with two attached hydrogens (primary N) is 1. The number of rotatable bonds is 4. The van der Waals surface area contributed by atoms with Crippen LogP contribution in [0.4, 0.5) is 19.5 Å². The lowest BCUT2D eigenvalue weighted by molar-refractivity contribution is 0.420. The fourth-order valence-electron chi connectivity index (χ4n) is 1.67. The van der Waals surface area contributed by atoms with Gasteiger partial charge in [0.15, 0.2) is 5.75 Å². The number of benzene rings is 1. The Labute approximate surface area is 118 Å². The van der Waals surface area contributed by atoms with Gasteiger partial charge in [-0.2, -0.15) is 5.26 Å². The number of nitrogens with zero attached hydrogens (tertiary/aromatic N) is 1. The monoisotopic (exact) mass is 295 g/mol. The average Bonchev–Trinajstić information content (AvgIpc) is 2.73. The van der Waals surface area contributed by atoms with Crippen molar-refractivity contribution in [3.63, 3.8) is 0 Å². The van der Waals surface area contributed by atoms with E-state index >= 15 is 0 Å². The van der Waals surface area contributed by atoms with E-state index in [2.05, 4.69) is 5.32 Å². The van der Waals surface area contributed by atoms with Crippen molar-refractivity contribution in [2.75, 3.05) is 18.2 Å². The predicted molar refractivity (Wildman–Crippen MR) is 73.7 cm³/mol. The lowest BCUT2D eigenvalue weighted by Gasteiger charge is -2.08. The zero-order valence-electron chi connectivity index (χ0n) is 10.5. The molecule has 1 aromatic carbocycles. The number of nitriles is 1. The Morgan fingerprint density at radius 2 is 2.20 bits per heavy atom. The van der Waals surface area contributed by atoms with Crippen molar-refractivity contribution < 1.29 is 13.5 Å². The van der Waals surface area contributed by atoms with Gasteiger partial charge in [-0.15, -0.1) is 11.3 Å². The molecule has 7 heteroatoms. The number of anilines is 2. The fraction of sp³-hybridized carbons (Fsp3) is 0.154. The summed E-state index contributed by atoms with van der Waals surface area (Å²) in [6.45, 7) is 0.132. The summed E-state index contributed by atoms with van der Waals surface area (Å²) in [7, 11) is 1.43. The molecule has 2 rings (SSSR count). The molecule has 0 fully saturated rings. The first-order valence-electron chi connectivity index (χ1n) is 5.61. The van der Waals surface area contributed by atoms with Crippen LogP contribution in [0.25, 0.3) is 0 Å². The van der Waals surface area contributed by atoms with Crippen LogP contribution in [0.2, 0.25) is 0 Å². The minimum atomic E-state index is -0.637. The summed E-state index contributed by atoms with van der Waals surface area (Å²) in [4.78, 5) is 0.323. The van der Waals surface area contributed by atoms with Crippen LogP contribution in [0.3, 0.4) is 0 Å². The van der Waals surface area contributed by atoms with Gasteiger partial charge in [-0.1, -0.05) is 6.07 Å². The zero-order valence-corrected chi connectivity index (χ0v) is 11.4. The van der Waals surface area contributed by atoms with Gasteiger partial charge < -0.3 is 15.8 Å². The number of nitrogen functional groups attached to an aromatic ring is 1. The molecule has 1 heterocycles. The van der Waals surface area contributed by atoms with Crippen LogP contribution in [-0.2, 0) is 6.54 Å². The zero-order chi connectivity index (χ0) is 14.7. The third-order valence-electron chi connectivity index (χ3n) is 2.66. The van der Waals surface area contributed by atoms with Gasteiger partial charge in [0.1, 0.15) is 33.3 Å². The normalized spacial score (nSPS) is 10.1. The Morgan fingerprint density at radius 1 is 1.45 bits per heavy atom. The summed E-state index contributed by atoms with van der Waals surface area (Å²) in [6.07, 6.45) is 0. The second-order valence-corrected chi connectivity index (χ2v) is 4.93. The highest BCUT2D eigenvalue weighted by Crippen LogP contribution is 2.42. The molecule has 3 N–H and O–H groups in total. The topological polar surface area (TPSA) is 71.1 Å². The molecule has 0 bridgehead atoms. The van der Waals surface area contributed by atoms with E-state index in [1.807, 2.05) is 6.07 Å². The first kappa shape index (κ1) is 14.1. The van der Waals surface area contributed by atoms with Crippen LogP contribution in [-0.4, -0.2) is 7.11 Å². The van der Waals surface area contributed by atoms with Crippen LogP contribution >= 0.6 is 11.3 Å². The maximum atomic E-state index is 13.5. The van der Waals surface area contributed by atoms with Crippen molar-refractivity contribution in [3.8, 4) is 11.8 Å². The summed E-state index contributed by atoms with van der Waals surface area (Å²) in [5.41, 5.74) is 6.30. The Morgan fingerprint density at radius 3 is 2.80 bits per heavy atom. The van der Waals surface area contributed by atoms with Crippen molar-refractivity contribution in [2.45, 2.75) is 6.54 Å². The lowest BCUT2D eigenvalue weighted by atomic mass is 10.2. The third-order valence-corrected chi connectivity index (χ3v) is 3.71. The SMILES string of the molecule is COc1c(NCc2ccc(F)cc2F)sc(C#N)c1N. The molecular weight excluding hydrogens is 284 g/mol. The van der Waals surface area contributed by atoms with Crippen LogP contribution in [0.5, 0.6) is 5.75 Å². The summed E-state index contributed by atoms with van der Waals surface area (Å²) in [6, 6.07) is 5.31. The Kier molecular flexibility index (Phi) is 4.05. The molecule has 0 atom stereocenters. The molecule has 20 heavy (non-hydrogen) atoms. The number of hydrogen-bond donors (Lipinski definition) is 2. The van der Waals surface area contributed by atoms with Gasteiger partial charge in [0.05, 0.1) is 7.11 Å². The molecule has 1 aromatic heterocycles. The maximum absolute atomic E-state index is 13.5. The van der Waals surface area contributed by atoms with E-state index in [1.165, 1.54) is 19.2 Å². The van der Waals surface area contributed by atoms with Crippen LogP contribution in [0, 0.1) is 23.0 Å². The molecule has 4 nitrogen and oxygen atoms in total. The second-order valence-electron chi connectivity index (χ2n) is 3.91. The molecule has 0 aliphatic heterocycles. The molecule has 0 unspecified atom stereocenters. The number of hydrogen-bond acceptors (Lipinski definition) is 5. The molecule has 104 valence electrons. The van der Waals surface area contributed by atoms with Gasteiger partial charge in [-0.05, 0) is 6.07 Å². The van der Waals surface area contributed by atoms with E-state index < -0.39 is 11.6 Å². The largest absolute Gasteiger partial charge is 0.492 e. The van der Waals surface area contributed by atoms with Gasteiger partial charge >= 0.3 is 0 Å². The van der Waals surface area contributed by atoms with Gasteiger partial charge in [0.25, 0.3) is 0 Å². The van der Waals surface area contributed by atoms with E-state index in [9.17, 15) is 8.78 Å². The summed E-state index contributed by atoms with van der Waals surface area (Å²) in [5.74, 6) is -0.911. The van der Waals surface area contributed by atoms with E-state index in [4.69, 9.17) is 15.7 Å². The van der Waals surface area contributed by atoms with Gasteiger partial charge in [-0.3, -0.25) is 0 Å². The molecule has 0 amide bonds. The summed E-state index contributed by atoms with van der Waals surface area (Å²) >= 11 is 1.12. The first-order chi connectivity index (χ1) is 9.56. The molecule has 0 saturated heterocycles. The van der Waals surface area contributed by atoms with Crippen LogP contribution in [0.1, 0.15) is 10.4 Å². The Bertz CT molecular complexity index is 679. The first-order valence-corrected chi connectivity index (χ1v) is 6.42. The third kappa shape index (κ3) is 2.65. The van der Waals surface area contributed by atoms with E-state index in [1.54, 1.807) is 0 Å². The lowest BCUT2D eigenvalue weighted by Crippen LogP contribution is -2.02. The molecule has 0 spiro atoms. The highest BCUT2D eigenvalue weighted by atomic mass is 32.1. The minimum absolute atomic E-state index is 0.132. The highest BCUT2D eigenvalue weighted by Gasteiger charge is 2.16. The molecule has 0 saturated carbocycles. The molecule has 0 radical (unpaired) electrons. The van der Waals surface area contributed by atoms with Gasteiger partial charge in [0, 0.05) is 18.2 Å². The molecule has 0 aliphatic rings. The highest BCUT2D eigenvalue weighted by molar-refractivity contribution is 7.17. The molecule has 2 aromatic rings. The van der Waals surface area contributed by atoms with Crippen molar-refractivity contribution in [1.29, 1.82) is 5.26 Å². The van der Waals surface area contributed by atoms with E-state index in [-0.39, 0.29) is 12.2 Å². The minimum Gasteiger partial charge on any atom is -0.492 e. The maximum Gasteiger partial charge on any atom is 0.177 e. The second kappa shape index (κ2) is 5.75. The van der Waals surface area contributed by atoms with Crippen LogP contribution < -0.4 is 15.8 Å². The van der Waals surface area contributed by atoms with Crippen molar-refractivity contribution in [2.24, 2.45) is 0 Å². The predicted octanol–water partition coefficient (Wildman–Crippen LogP) is 3.10. The van der Waals surface area contributed by atoms with Crippen molar-refractivity contribution in [1.82, 2.24) is 0 Å². The van der Waals surface area contributed by atoms with Crippen molar-refractivity contribution in [3.05, 3.63) is 40.3 Å². The number of thiophene rings is 1. The Balaban J connectivity index is 2.21. The van der Waals surface area contributed by atoms with Gasteiger partial charge in [0.2, 0.25) is 0 Å². The van der Waals surface area contributed by atoms with Gasteiger partial charge in [-0.25, -0.2) is 8.78 Å². The Hall–Kier alpha value is -2.33. The number of nitrogens with one attached hydrogen (secondary N) is 1. The molecule has 0 aliphatic carbocycles. The van der Waals surface area contributed by atoms with Crippen molar-refractivity contribution >= 4 is 22.0 Å². The summed E-state index contributed by atoms with van der Waals surface area (Å²) < 4.78 is 31.4. The number of methoxy groups -OCH3 is 1. The fourth-order valence-corrected chi connectivity index (χ4v) is 2.55. The molecular formula is C13H11F2N3OS. The number of ether oxygens (including phenoxy) is 1. The van der Waals surface area contributed by atoms with E-state index in [0.29, 0.717) is 21.2 Å². The van der Waals surface area contributed by atoms with Crippen LogP contribution in [0.15, 0.2) is 18.2 Å². The summed E-state index contributed by atoms with van der Waals surface area (Å²) in [5, 5.41) is 12.4. The standard InChI is InChI=1S/C13H11F2N3OS/c1-19-12-11(17)10(5-16)20-13(12)18-6-7-2-3-8(14)4-9(7)15/h2-4,18H,6,17H2,1H3. The van der Waals surface area contributed by atoms with E-state index in [0.717, 1.165) is 17.4 Å². The smallest absolute Gasteiger partial charge is 0.177 e.